The quantitative estimate of drug-likeness (QED) is 0.173. The first-order chi connectivity index (χ1) is 31.7. The highest BCUT2D eigenvalue weighted by atomic mass is 16.3. The van der Waals surface area contributed by atoms with Crippen LogP contribution in [0.2, 0.25) is 0 Å². The first-order valence-corrected chi connectivity index (χ1v) is 21.4. The average Bonchev–Trinajstić information content (AvgIpc) is 4.11. The van der Waals surface area contributed by atoms with Gasteiger partial charge in [-0.2, -0.15) is 0 Å². The number of fused-ring (bicyclic) bond motifs is 12. The largest absolute Gasteiger partial charge is 0.456 e. The van der Waals surface area contributed by atoms with E-state index in [1.54, 1.807) is 0 Å². The predicted octanol–water partition coefficient (Wildman–Crippen LogP) is 14.9. The van der Waals surface area contributed by atoms with Gasteiger partial charge < -0.3 is 18.0 Å². The number of hydrogen-bond donors (Lipinski definition) is 0. The van der Waals surface area contributed by atoms with E-state index in [-0.39, 0.29) is 0 Å². The summed E-state index contributed by atoms with van der Waals surface area (Å²) in [5.74, 6) is 1.76. The van der Waals surface area contributed by atoms with Gasteiger partial charge in [0, 0.05) is 59.9 Å². The molecule has 64 heavy (non-hydrogen) atoms. The van der Waals surface area contributed by atoms with E-state index in [1.807, 2.05) is 78.9 Å². The van der Waals surface area contributed by atoms with Crippen LogP contribution < -0.4 is 0 Å². The summed E-state index contributed by atoms with van der Waals surface area (Å²) in [5, 5.41) is 8.87. The fourth-order valence-electron chi connectivity index (χ4n) is 9.91. The molecule has 298 valence electrons. The highest BCUT2D eigenvalue weighted by Gasteiger charge is 2.23. The Morgan fingerprint density at radius 2 is 0.875 bits per heavy atom. The van der Waals surface area contributed by atoms with E-state index in [1.165, 1.54) is 5.39 Å². The molecular weight excluding hydrogens is 787 g/mol. The molecule has 7 heteroatoms. The van der Waals surface area contributed by atoms with Gasteiger partial charge in [0.05, 0.1) is 33.3 Å². The smallest absolute Gasteiger partial charge is 0.167 e. The second-order valence-electron chi connectivity index (χ2n) is 16.3. The number of nitrogens with zero attached hydrogens (tertiary/aromatic N) is 5. The van der Waals surface area contributed by atoms with Crippen molar-refractivity contribution >= 4 is 87.5 Å². The Morgan fingerprint density at radius 1 is 0.312 bits per heavy atom. The molecule has 0 amide bonds. The van der Waals surface area contributed by atoms with E-state index >= 15 is 0 Å². The predicted molar refractivity (Wildman–Crippen MR) is 259 cm³/mol. The normalized spacial score (nSPS) is 12.1. The van der Waals surface area contributed by atoms with E-state index in [0.717, 1.165) is 110 Å². The maximum Gasteiger partial charge on any atom is 0.167 e. The Hall–Kier alpha value is -8.81. The Morgan fingerprint density at radius 3 is 1.61 bits per heavy atom. The number of rotatable bonds is 5. The highest BCUT2D eigenvalue weighted by Crippen LogP contribution is 2.43. The molecule has 0 fully saturated rings. The van der Waals surface area contributed by atoms with Crippen LogP contribution in [-0.2, 0) is 0 Å². The van der Waals surface area contributed by atoms with E-state index in [0.29, 0.717) is 17.5 Å². The van der Waals surface area contributed by atoms with Crippen molar-refractivity contribution in [3.63, 3.8) is 0 Å². The van der Waals surface area contributed by atoms with E-state index in [9.17, 15) is 0 Å². The molecule has 14 aromatic rings. The number of para-hydroxylation sites is 5. The lowest BCUT2D eigenvalue weighted by Crippen LogP contribution is -2.00. The van der Waals surface area contributed by atoms with Gasteiger partial charge in [0.15, 0.2) is 23.1 Å². The number of aromatic nitrogens is 5. The summed E-state index contributed by atoms with van der Waals surface area (Å²) < 4.78 is 18.2. The first-order valence-electron chi connectivity index (χ1n) is 21.4. The van der Waals surface area contributed by atoms with Crippen LogP contribution in [0.1, 0.15) is 0 Å². The molecular formula is C57H33N5O2. The zero-order valence-electron chi connectivity index (χ0n) is 34.1. The summed E-state index contributed by atoms with van der Waals surface area (Å²) in [5.41, 5.74) is 12.4. The van der Waals surface area contributed by atoms with Crippen molar-refractivity contribution in [1.82, 2.24) is 24.1 Å². The van der Waals surface area contributed by atoms with Gasteiger partial charge in [-0.3, -0.25) is 0 Å². The molecule has 0 aliphatic carbocycles. The molecule has 0 radical (unpaired) electrons. The molecule has 0 N–H and O–H groups in total. The molecule has 0 atom stereocenters. The topological polar surface area (TPSA) is 74.8 Å². The SMILES string of the molecule is c1ccc(-c2nc(-c3ccccc3)nc(-c3cccc4c3oc3c(-n5c6ccccc6c6cc(-n7c8ccccc8c8cc9oc%10ccccc%10c9cc87)ccc65)cccc34)n2)cc1. The minimum absolute atomic E-state index is 0.551. The molecule has 0 aliphatic rings. The molecule has 0 saturated carbocycles. The molecule has 0 bridgehead atoms. The third kappa shape index (κ3) is 5.06. The lowest BCUT2D eigenvalue weighted by atomic mass is 10.1. The summed E-state index contributed by atoms with van der Waals surface area (Å²) in [4.78, 5) is 15.1. The van der Waals surface area contributed by atoms with Crippen LogP contribution in [0.3, 0.4) is 0 Å². The van der Waals surface area contributed by atoms with Crippen LogP contribution in [-0.4, -0.2) is 24.1 Å². The van der Waals surface area contributed by atoms with Crippen molar-refractivity contribution in [2.24, 2.45) is 0 Å². The molecule has 0 aliphatic heterocycles. The Bertz CT molecular complexity index is 4140. The second kappa shape index (κ2) is 13.3. The molecule has 0 spiro atoms. The second-order valence-corrected chi connectivity index (χ2v) is 16.3. The molecule has 5 heterocycles. The van der Waals surface area contributed by atoms with Crippen LogP contribution >= 0.6 is 0 Å². The van der Waals surface area contributed by atoms with Gasteiger partial charge >= 0.3 is 0 Å². The Balaban J connectivity index is 0.977. The molecule has 5 aromatic heterocycles. The lowest BCUT2D eigenvalue weighted by molar-refractivity contribution is 0.667. The monoisotopic (exact) mass is 819 g/mol. The fraction of sp³-hybridized carbons (Fsp3) is 0. The van der Waals surface area contributed by atoms with E-state index in [2.05, 4.69) is 130 Å². The Labute approximate surface area is 364 Å². The minimum Gasteiger partial charge on any atom is -0.456 e. The van der Waals surface area contributed by atoms with Gasteiger partial charge in [-0.1, -0.05) is 140 Å². The zero-order chi connectivity index (χ0) is 41.9. The van der Waals surface area contributed by atoms with Crippen LogP contribution in [0.25, 0.3) is 133 Å². The maximum atomic E-state index is 7.09. The number of benzene rings is 9. The fourth-order valence-corrected chi connectivity index (χ4v) is 9.91. The molecule has 0 saturated heterocycles. The van der Waals surface area contributed by atoms with Gasteiger partial charge in [-0.15, -0.1) is 0 Å². The van der Waals surface area contributed by atoms with Gasteiger partial charge in [0.2, 0.25) is 0 Å². The summed E-state index contributed by atoms with van der Waals surface area (Å²) >= 11 is 0. The van der Waals surface area contributed by atoms with Crippen LogP contribution in [0.4, 0.5) is 0 Å². The molecule has 7 nitrogen and oxygen atoms in total. The van der Waals surface area contributed by atoms with Crippen molar-refractivity contribution < 1.29 is 8.83 Å². The van der Waals surface area contributed by atoms with E-state index < -0.39 is 0 Å². The van der Waals surface area contributed by atoms with Crippen LogP contribution in [0.5, 0.6) is 0 Å². The molecule has 14 rings (SSSR count). The third-order valence-electron chi connectivity index (χ3n) is 12.8. The van der Waals surface area contributed by atoms with Gasteiger partial charge in [0.1, 0.15) is 16.7 Å². The van der Waals surface area contributed by atoms with Crippen LogP contribution in [0.15, 0.2) is 209 Å². The first kappa shape index (κ1) is 34.9. The zero-order valence-corrected chi connectivity index (χ0v) is 34.1. The number of hydrogen-bond acceptors (Lipinski definition) is 5. The van der Waals surface area contributed by atoms with Gasteiger partial charge in [0.25, 0.3) is 0 Å². The standard InChI is InChI=1S/C57H33N5O2/c1-3-15-34(16-4-1)55-58-56(35-17-5-2-6-18-35)60-57(59-55)42-24-13-22-40-41-23-14-27-49(54(41)64-53(40)42)62-47-26-11-8-19-37(47)43-31-36(29-30-48(43)62)61-46-25-10-7-20-38(46)44-33-52-45(32-50(44)61)39-21-9-12-28-51(39)63-52/h1-33H. The molecule has 0 unspecified atom stereocenters. The minimum atomic E-state index is 0.551. The summed E-state index contributed by atoms with van der Waals surface area (Å²) in [7, 11) is 0. The van der Waals surface area contributed by atoms with Gasteiger partial charge in [-0.25, -0.2) is 15.0 Å². The summed E-state index contributed by atoms with van der Waals surface area (Å²) in [6.45, 7) is 0. The van der Waals surface area contributed by atoms with Crippen molar-refractivity contribution in [2.45, 2.75) is 0 Å². The van der Waals surface area contributed by atoms with Crippen molar-refractivity contribution in [2.75, 3.05) is 0 Å². The van der Waals surface area contributed by atoms with Gasteiger partial charge in [-0.05, 0) is 60.7 Å². The Kier molecular flexibility index (Phi) is 7.27. The summed E-state index contributed by atoms with van der Waals surface area (Å²) in [6.07, 6.45) is 0. The highest BCUT2D eigenvalue weighted by molar-refractivity contribution is 6.18. The van der Waals surface area contributed by atoms with E-state index in [4.69, 9.17) is 23.8 Å². The number of furan rings is 2. The van der Waals surface area contributed by atoms with Crippen LogP contribution in [0, 0.1) is 0 Å². The summed E-state index contributed by atoms with van der Waals surface area (Å²) in [6, 6.07) is 69.7. The third-order valence-corrected chi connectivity index (χ3v) is 12.8. The molecule has 9 aromatic carbocycles. The van der Waals surface area contributed by atoms with Crippen molar-refractivity contribution in [1.29, 1.82) is 0 Å². The average molecular weight is 820 g/mol. The van der Waals surface area contributed by atoms with Crippen molar-refractivity contribution in [3.8, 4) is 45.5 Å². The lowest BCUT2D eigenvalue weighted by Gasteiger charge is -2.11. The van der Waals surface area contributed by atoms with Crippen molar-refractivity contribution in [3.05, 3.63) is 200 Å². The maximum absolute atomic E-state index is 7.09.